The Bertz CT molecular complexity index is 302. The average Bonchev–Trinajstić information content (AvgIpc) is 2.73. The lowest BCUT2D eigenvalue weighted by Crippen LogP contribution is -2.02. The lowest BCUT2D eigenvalue weighted by molar-refractivity contribution is 0.577. The zero-order valence-corrected chi connectivity index (χ0v) is 8.16. The highest BCUT2D eigenvalue weighted by Gasteiger charge is 2.28. The fourth-order valence-corrected chi connectivity index (χ4v) is 1.21. The molecule has 1 aliphatic rings. The largest absolute Gasteiger partial charge is 0.177 e. The number of aromatic nitrogens is 4. The Morgan fingerprint density at radius 2 is 2.42 bits per heavy atom. The minimum Gasteiger partial charge on any atom is -0.159 e. The Balaban J connectivity index is 2.07. The Morgan fingerprint density at radius 3 is 3.00 bits per heavy atom. The third-order valence-electron chi connectivity index (χ3n) is 1.72. The summed E-state index contributed by atoms with van der Waals surface area (Å²) in [6.07, 6.45) is 2.42. The first kappa shape index (κ1) is 7.91. The summed E-state index contributed by atoms with van der Waals surface area (Å²) in [4.78, 5) is 1.56. The van der Waals surface area contributed by atoms with Crippen molar-refractivity contribution in [2.45, 2.75) is 25.3 Å². The smallest absolute Gasteiger partial charge is 0.159 e. The molecule has 0 saturated heterocycles. The molecule has 0 unspecified atom stereocenters. The van der Waals surface area contributed by atoms with Gasteiger partial charge in [-0.05, 0) is 18.1 Å². The van der Waals surface area contributed by atoms with E-state index in [1.807, 2.05) is 0 Å². The summed E-state index contributed by atoms with van der Waals surface area (Å²) in [7, 11) is 0. The van der Waals surface area contributed by atoms with Crippen LogP contribution in [0.15, 0.2) is 11.1 Å². The number of rotatable bonds is 3. The monoisotopic (exact) mass is 228 g/mol. The van der Waals surface area contributed by atoms with Gasteiger partial charge in [0.15, 0.2) is 5.82 Å². The van der Waals surface area contributed by atoms with Crippen LogP contribution in [-0.4, -0.2) is 20.2 Å². The molecule has 0 aliphatic heterocycles. The number of allylic oxidation sites excluding steroid dienone is 1. The molecule has 0 amide bonds. The quantitative estimate of drug-likeness (QED) is 0.787. The van der Waals surface area contributed by atoms with Crippen LogP contribution >= 0.6 is 15.9 Å². The molecule has 1 aromatic rings. The second-order valence-corrected chi connectivity index (χ2v) is 4.09. The van der Waals surface area contributed by atoms with Crippen molar-refractivity contribution in [2.24, 2.45) is 0 Å². The Morgan fingerprint density at radius 1 is 1.67 bits per heavy atom. The normalized spacial score (nSPS) is 16.4. The summed E-state index contributed by atoms with van der Waals surface area (Å²) in [6, 6.07) is 0. The number of hydrogen-bond donors (Lipinski definition) is 0. The maximum absolute atomic E-state index is 4.22. The number of nitrogens with zero attached hydrogens (tertiary/aromatic N) is 4. The van der Waals surface area contributed by atoms with Crippen molar-refractivity contribution in [1.29, 1.82) is 0 Å². The first-order valence-electron chi connectivity index (χ1n) is 3.86. The zero-order valence-electron chi connectivity index (χ0n) is 6.57. The van der Waals surface area contributed by atoms with Gasteiger partial charge in [0.25, 0.3) is 0 Å². The SMILES string of the molecule is C=C(Br)Cn1nnc(C2CC2)n1. The maximum Gasteiger partial charge on any atom is 0.177 e. The van der Waals surface area contributed by atoms with Crippen molar-refractivity contribution >= 4 is 15.9 Å². The maximum atomic E-state index is 4.22. The van der Waals surface area contributed by atoms with E-state index in [1.54, 1.807) is 4.80 Å². The molecule has 5 heteroatoms. The van der Waals surface area contributed by atoms with Crippen molar-refractivity contribution < 1.29 is 0 Å². The van der Waals surface area contributed by atoms with Gasteiger partial charge in [-0.25, -0.2) is 0 Å². The topological polar surface area (TPSA) is 43.6 Å². The van der Waals surface area contributed by atoms with E-state index in [-0.39, 0.29) is 0 Å². The van der Waals surface area contributed by atoms with Crippen LogP contribution in [0, 0.1) is 0 Å². The lowest BCUT2D eigenvalue weighted by atomic mass is 10.4. The first-order chi connectivity index (χ1) is 5.75. The summed E-state index contributed by atoms with van der Waals surface area (Å²) < 4.78 is 0.863. The van der Waals surface area contributed by atoms with Crippen molar-refractivity contribution in [2.75, 3.05) is 0 Å². The van der Waals surface area contributed by atoms with Crippen LogP contribution in [0.25, 0.3) is 0 Å². The van der Waals surface area contributed by atoms with E-state index < -0.39 is 0 Å². The molecule has 0 bridgehead atoms. The van der Waals surface area contributed by atoms with Crippen molar-refractivity contribution in [3.63, 3.8) is 0 Å². The summed E-state index contributed by atoms with van der Waals surface area (Å²) in [6.45, 7) is 4.31. The molecular weight excluding hydrogens is 220 g/mol. The van der Waals surface area contributed by atoms with E-state index >= 15 is 0 Å². The molecule has 1 heterocycles. The average molecular weight is 229 g/mol. The Kier molecular flexibility index (Phi) is 1.96. The molecule has 0 N–H and O–H groups in total. The Hall–Kier alpha value is -0.710. The standard InChI is InChI=1S/C7H9BrN4/c1-5(8)4-12-10-7(9-11-12)6-2-3-6/h6H,1-4H2. The fraction of sp³-hybridized carbons (Fsp3) is 0.571. The second kappa shape index (κ2) is 2.97. The highest BCUT2D eigenvalue weighted by molar-refractivity contribution is 9.11. The predicted octanol–water partition coefficient (Wildman–Crippen LogP) is 1.46. The molecule has 0 radical (unpaired) electrons. The summed E-state index contributed by atoms with van der Waals surface area (Å²) in [5, 5.41) is 12.1. The highest BCUT2D eigenvalue weighted by Crippen LogP contribution is 2.37. The van der Waals surface area contributed by atoms with Gasteiger partial charge in [0.1, 0.15) is 0 Å². The molecule has 0 spiro atoms. The van der Waals surface area contributed by atoms with Gasteiger partial charge in [-0.1, -0.05) is 22.5 Å². The van der Waals surface area contributed by atoms with Crippen LogP contribution in [0.3, 0.4) is 0 Å². The summed E-state index contributed by atoms with van der Waals surface area (Å²) >= 11 is 3.25. The minimum atomic E-state index is 0.572. The molecule has 1 fully saturated rings. The van der Waals surface area contributed by atoms with Gasteiger partial charge in [0, 0.05) is 10.4 Å². The van der Waals surface area contributed by atoms with Crippen LogP contribution in [0.4, 0.5) is 0 Å². The van der Waals surface area contributed by atoms with E-state index in [9.17, 15) is 0 Å². The zero-order chi connectivity index (χ0) is 8.55. The van der Waals surface area contributed by atoms with Crippen LogP contribution in [0.2, 0.25) is 0 Å². The van der Waals surface area contributed by atoms with E-state index in [0.717, 1.165) is 10.3 Å². The molecule has 1 aliphatic carbocycles. The van der Waals surface area contributed by atoms with Crippen LogP contribution in [-0.2, 0) is 6.54 Å². The van der Waals surface area contributed by atoms with Gasteiger partial charge >= 0.3 is 0 Å². The lowest BCUT2D eigenvalue weighted by Gasteiger charge is -1.92. The third-order valence-corrected chi connectivity index (χ3v) is 1.97. The fourth-order valence-electron chi connectivity index (χ4n) is 0.981. The van der Waals surface area contributed by atoms with Crippen molar-refractivity contribution in [3.05, 3.63) is 16.9 Å². The van der Waals surface area contributed by atoms with Gasteiger partial charge in [-0.15, -0.1) is 10.2 Å². The van der Waals surface area contributed by atoms with Crippen LogP contribution in [0.5, 0.6) is 0 Å². The molecule has 12 heavy (non-hydrogen) atoms. The van der Waals surface area contributed by atoms with E-state index in [4.69, 9.17) is 0 Å². The van der Waals surface area contributed by atoms with Gasteiger partial charge in [0.2, 0.25) is 0 Å². The van der Waals surface area contributed by atoms with E-state index in [2.05, 4.69) is 37.9 Å². The molecule has 1 aromatic heterocycles. The van der Waals surface area contributed by atoms with Crippen molar-refractivity contribution in [1.82, 2.24) is 20.2 Å². The molecule has 2 rings (SSSR count). The predicted molar refractivity (Wildman–Crippen MR) is 47.9 cm³/mol. The molecule has 4 nitrogen and oxygen atoms in total. The van der Waals surface area contributed by atoms with Gasteiger partial charge in [0.05, 0.1) is 6.54 Å². The van der Waals surface area contributed by atoms with Gasteiger partial charge in [-0.2, -0.15) is 4.80 Å². The Labute approximate surface area is 78.8 Å². The number of hydrogen-bond acceptors (Lipinski definition) is 3. The number of tetrazole rings is 1. The van der Waals surface area contributed by atoms with E-state index in [1.165, 1.54) is 12.8 Å². The molecule has 64 valence electrons. The highest BCUT2D eigenvalue weighted by atomic mass is 79.9. The summed E-state index contributed by atoms with van der Waals surface area (Å²) in [5.41, 5.74) is 0. The van der Waals surface area contributed by atoms with E-state index in [0.29, 0.717) is 12.5 Å². The third kappa shape index (κ3) is 1.72. The van der Waals surface area contributed by atoms with Gasteiger partial charge < -0.3 is 0 Å². The number of halogens is 1. The van der Waals surface area contributed by atoms with Gasteiger partial charge in [-0.3, -0.25) is 0 Å². The minimum absolute atomic E-state index is 0.572. The first-order valence-corrected chi connectivity index (χ1v) is 4.66. The molecular formula is C7H9BrN4. The van der Waals surface area contributed by atoms with Crippen LogP contribution < -0.4 is 0 Å². The van der Waals surface area contributed by atoms with Crippen LogP contribution in [0.1, 0.15) is 24.6 Å². The molecule has 1 saturated carbocycles. The molecule has 0 aromatic carbocycles. The molecule has 0 atom stereocenters. The van der Waals surface area contributed by atoms with Crippen molar-refractivity contribution in [3.8, 4) is 0 Å². The second-order valence-electron chi connectivity index (χ2n) is 2.97. The summed E-state index contributed by atoms with van der Waals surface area (Å²) in [5.74, 6) is 1.45.